The Morgan fingerprint density at radius 2 is 2.05 bits per heavy atom. The van der Waals surface area contributed by atoms with Crippen LogP contribution in [0.15, 0.2) is 0 Å². The van der Waals surface area contributed by atoms with Crippen molar-refractivity contribution < 1.29 is 24.2 Å². The quantitative estimate of drug-likeness (QED) is 0.730. The van der Waals surface area contributed by atoms with Crippen molar-refractivity contribution in [2.75, 3.05) is 13.7 Å². The van der Waals surface area contributed by atoms with Crippen molar-refractivity contribution in [1.29, 1.82) is 0 Å². The number of hydrogen-bond donors (Lipinski definition) is 2. The number of nitrogens with one attached hydrogen (secondary N) is 1. The number of carboxylic acids is 1. The number of methoxy groups -OCH3 is 1. The maximum absolute atomic E-state index is 12.1. The van der Waals surface area contributed by atoms with Crippen LogP contribution < -0.4 is 5.32 Å². The maximum atomic E-state index is 12.1. The Hall–Kier alpha value is -1.79. The number of ether oxygens (including phenoxy) is 1. The Morgan fingerprint density at radius 1 is 1.40 bits per heavy atom. The van der Waals surface area contributed by atoms with E-state index in [0.717, 1.165) is 6.42 Å². The van der Waals surface area contributed by atoms with E-state index < -0.39 is 18.0 Å². The lowest BCUT2D eigenvalue weighted by Gasteiger charge is -2.24. The van der Waals surface area contributed by atoms with Gasteiger partial charge in [-0.25, -0.2) is 9.59 Å². The largest absolute Gasteiger partial charge is 0.480 e. The highest BCUT2D eigenvalue weighted by Gasteiger charge is 2.32. The second-order valence-corrected chi connectivity index (χ2v) is 5.30. The van der Waals surface area contributed by atoms with Gasteiger partial charge in [0.05, 0.1) is 7.11 Å². The van der Waals surface area contributed by atoms with Crippen LogP contribution in [0.5, 0.6) is 0 Å². The summed E-state index contributed by atoms with van der Waals surface area (Å²) in [5.41, 5.74) is 0. The summed E-state index contributed by atoms with van der Waals surface area (Å²) >= 11 is 0. The Kier molecular flexibility index (Phi) is 5.79. The van der Waals surface area contributed by atoms with Crippen molar-refractivity contribution in [3.8, 4) is 0 Å². The number of urea groups is 1. The molecule has 3 atom stereocenters. The summed E-state index contributed by atoms with van der Waals surface area (Å²) in [7, 11) is 1.24. The molecule has 0 spiro atoms. The maximum Gasteiger partial charge on any atom is 0.326 e. The molecule has 0 saturated carbocycles. The first-order chi connectivity index (χ1) is 9.35. The van der Waals surface area contributed by atoms with E-state index >= 15 is 0 Å². The Balaban J connectivity index is 2.55. The van der Waals surface area contributed by atoms with Crippen LogP contribution in [0.3, 0.4) is 0 Å². The normalized spacial score (nSPS) is 23.2. The number of amides is 2. The lowest BCUT2D eigenvalue weighted by atomic mass is 10.1. The van der Waals surface area contributed by atoms with Crippen LogP contribution in [0, 0.1) is 5.92 Å². The Bertz CT molecular complexity index is 385. The molecule has 1 aliphatic rings. The van der Waals surface area contributed by atoms with Crippen LogP contribution in [0.4, 0.5) is 4.79 Å². The topological polar surface area (TPSA) is 95.9 Å². The molecule has 0 aliphatic carbocycles. The molecular formula is C13H22N2O5. The highest BCUT2D eigenvalue weighted by atomic mass is 16.5. The highest BCUT2D eigenvalue weighted by molar-refractivity contribution is 5.83. The molecular weight excluding hydrogens is 264 g/mol. The van der Waals surface area contributed by atoms with Gasteiger partial charge in [-0.3, -0.25) is 4.79 Å². The van der Waals surface area contributed by atoms with Gasteiger partial charge in [0.25, 0.3) is 0 Å². The van der Waals surface area contributed by atoms with Crippen LogP contribution in [0.2, 0.25) is 0 Å². The molecule has 1 fully saturated rings. The molecule has 7 heteroatoms. The van der Waals surface area contributed by atoms with E-state index in [1.165, 1.54) is 7.11 Å². The van der Waals surface area contributed by atoms with Crippen molar-refractivity contribution >= 4 is 18.0 Å². The zero-order valence-corrected chi connectivity index (χ0v) is 12.1. The van der Waals surface area contributed by atoms with Crippen LogP contribution >= 0.6 is 0 Å². The summed E-state index contributed by atoms with van der Waals surface area (Å²) in [4.78, 5) is 35.9. The number of carbonyl (C=O) groups excluding carboxylic acids is 2. The minimum atomic E-state index is -1.15. The molecule has 1 aliphatic heterocycles. The lowest BCUT2D eigenvalue weighted by Crippen LogP contribution is -2.49. The van der Waals surface area contributed by atoms with Gasteiger partial charge in [0.2, 0.25) is 0 Å². The van der Waals surface area contributed by atoms with Gasteiger partial charge in [-0.05, 0) is 25.7 Å². The molecule has 1 heterocycles. The van der Waals surface area contributed by atoms with Gasteiger partial charge in [0, 0.05) is 19.0 Å². The minimum Gasteiger partial charge on any atom is -0.480 e. The molecule has 1 saturated heterocycles. The Labute approximate surface area is 118 Å². The van der Waals surface area contributed by atoms with Gasteiger partial charge >= 0.3 is 18.0 Å². The summed E-state index contributed by atoms with van der Waals surface area (Å²) in [5.74, 6) is -1.23. The molecule has 0 aromatic carbocycles. The van der Waals surface area contributed by atoms with Gasteiger partial charge in [0.15, 0.2) is 0 Å². The van der Waals surface area contributed by atoms with Crippen molar-refractivity contribution in [3.63, 3.8) is 0 Å². The average molecular weight is 286 g/mol. The Morgan fingerprint density at radius 3 is 2.50 bits per heavy atom. The van der Waals surface area contributed by atoms with Gasteiger partial charge < -0.3 is 20.1 Å². The SMILES string of the molecule is COC(=O)CC[C@H](NC(=O)N1CC(C)CC1C)C(=O)O. The molecule has 1 rings (SSSR count). The fourth-order valence-electron chi connectivity index (χ4n) is 2.44. The van der Waals surface area contributed by atoms with E-state index in [2.05, 4.69) is 17.0 Å². The first-order valence-electron chi connectivity index (χ1n) is 6.71. The second-order valence-electron chi connectivity index (χ2n) is 5.30. The van der Waals surface area contributed by atoms with Gasteiger partial charge in [0.1, 0.15) is 6.04 Å². The van der Waals surface area contributed by atoms with Crippen molar-refractivity contribution in [1.82, 2.24) is 10.2 Å². The van der Waals surface area contributed by atoms with E-state index in [4.69, 9.17) is 5.11 Å². The molecule has 0 aromatic heterocycles. The second kappa shape index (κ2) is 7.12. The molecule has 2 amide bonds. The first kappa shape index (κ1) is 16.3. The van der Waals surface area contributed by atoms with E-state index in [1.807, 2.05) is 6.92 Å². The summed E-state index contributed by atoms with van der Waals surface area (Å²) < 4.78 is 4.46. The van der Waals surface area contributed by atoms with Gasteiger partial charge in [-0.15, -0.1) is 0 Å². The van der Waals surface area contributed by atoms with Crippen molar-refractivity contribution in [2.45, 2.75) is 45.2 Å². The smallest absolute Gasteiger partial charge is 0.326 e. The molecule has 2 N–H and O–H groups in total. The summed E-state index contributed by atoms with van der Waals surface area (Å²) in [6, 6.07) is -1.37. The number of likely N-dealkylation sites (tertiary alicyclic amines) is 1. The monoisotopic (exact) mass is 286 g/mol. The average Bonchev–Trinajstić information content (AvgIpc) is 2.72. The van der Waals surface area contributed by atoms with Crippen LogP contribution in [0.25, 0.3) is 0 Å². The number of aliphatic carboxylic acids is 1. The fourth-order valence-corrected chi connectivity index (χ4v) is 2.44. The third kappa shape index (κ3) is 4.40. The number of nitrogens with zero attached hydrogens (tertiary/aromatic N) is 1. The predicted molar refractivity (Wildman–Crippen MR) is 71.2 cm³/mol. The zero-order chi connectivity index (χ0) is 15.3. The molecule has 7 nitrogen and oxygen atoms in total. The number of rotatable bonds is 5. The van der Waals surface area contributed by atoms with Crippen LogP contribution in [-0.2, 0) is 14.3 Å². The number of carboxylic acid groups (broad SMARTS) is 1. The van der Waals surface area contributed by atoms with E-state index in [9.17, 15) is 14.4 Å². The first-order valence-corrected chi connectivity index (χ1v) is 6.71. The fraction of sp³-hybridized carbons (Fsp3) is 0.769. The number of carbonyl (C=O) groups is 3. The predicted octanol–water partition coefficient (Wildman–Crippen LogP) is 0.833. The lowest BCUT2D eigenvalue weighted by molar-refractivity contribution is -0.142. The summed E-state index contributed by atoms with van der Waals surface area (Å²) in [6.45, 7) is 4.61. The minimum absolute atomic E-state index is 0.0194. The van der Waals surface area contributed by atoms with Crippen LogP contribution in [-0.4, -0.2) is 53.7 Å². The molecule has 0 bridgehead atoms. The van der Waals surface area contributed by atoms with E-state index in [1.54, 1.807) is 4.90 Å². The third-order valence-electron chi connectivity index (χ3n) is 3.51. The summed E-state index contributed by atoms with van der Waals surface area (Å²) in [6.07, 6.45) is 0.887. The standard InChI is InChI=1S/C13H22N2O5/c1-8-6-9(2)15(7-8)13(19)14-10(12(17)18)4-5-11(16)20-3/h8-10H,4-7H2,1-3H3,(H,14,19)(H,17,18)/t8?,9?,10-/m0/s1. The van der Waals surface area contributed by atoms with Crippen molar-refractivity contribution in [2.24, 2.45) is 5.92 Å². The molecule has 0 radical (unpaired) electrons. The van der Waals surface area contributed by atoms with Crippen LogP contribution in [0.1, 0.15) is 33.1 Å². The van der Waals surface area contributed by atoms with E-state index in [-0.39, 0.29) is 24.9 Å². The number of esters is 1. The van der Waals surface area contributed by atoms with Crippen molar-refractivity contribution in [3.05, 3.63) is 0 Å². The van der Waals surface area contributed by atoms with E-state index in [0.29, 0.717) is 12.5 Å². The third-order valence-corrected chi connectivity index (χ3v) is 3.51. The molecule has 2 unspecified atom stereocenters. The summed E-state index contributed by atoms with van der Waals surface area (Å²) in [5, 5.41) is 11.6. The van der Waals surface area contributed by atoms with Gasteiger partial charge in [-0.1, -0.05) is 6.92 Å². The van der Waals surface area contributed by atoms with Gasteiger partial charge in [-0.2, -0.15) is 0 Å². The number of hydrogen-bond acceptors (Lipinski definition) is 4. The zero-order valence-electron chi connectivity index (χ0n) is 12.1. The molecule has 20 heavy (non-hydrogen) atoms. The molecule has 114 valence electrons. The highest BCUT2D eigenvalue weighted by Crippen LogP contribution is 2.22. The molecule has 0 aromatic rings.